The number of amides is 2. The van der Waals surface area contributed by atoms with E-state index in [0.717, 1.165) is 0 Å². The van der Waals surface area contributed by atoms with Crippen molar-refractivity contribution in [2.24, 2.45) is 0 Å². The van der Waals surface area contributed by atoms with Gasteiger partial charge in [-0.2, -0.15) is 0 Å². The molecule has 0 aliphatic rings. The van der Waals surface area contributed by atoms with E-state index in [9.17, 15) is 18.0 Å². The lowest BCUT2D eigenvalue weighted by molar-refractivity contribution is -0.114. The van der Waals surface area contributed by atoms with Crippen LogP contribution in [0.15, 0.2) is 71.6 Å². The zero-order chi connectivity index (χ0) is 22.6. The lowest BCUT2D eigenvalue weighted by Gasteiger charge is -2.11. The van der Waals surface area contributed by atoms with Gasteiger partial charge >= 0.3 is 0 Å². The Morgan fingerprint density at radius 3 is 2.23 bits per heavy atom. The smallest absolute Gasteiger partial charge is 0.261 e. The first kappa shape index (κ1) is 22.6. The Hall–Kier alpha value is -3.07. The topological polar surface area (TPSA) is 104 Å². The van der Waals surface area contributed by atoms with Gasteiger partial charge in [-0.15, -0.1) is 0 Å². The van der Waals surface area contributed by atoms with Gasteiger partial charge in [0.2, 0.25) is 5.91 Å². The van der Waals surface area contributed by atoms with Gasteiger partial charge in [0.15, 0.2) is 0 Å². The summed E-state index contributed by atoms with van der Waals surface area (Å²) in [5.41, 5.74) is 1.15. The van der Waals surface area contributed by atoms with Crippen LogP contribution in [0.5, 0.6) is 0 Å². The van der Waals surface area contributed by atoms with Gasteiger partial charge in [0, 0.05) is 18.2 Å². The SMILES string of the molecule is CC(=O)Nc1ccc(NC(=O)c2cccc(S(=O)(=O)Nc3ccccc3Cl)c2)cc1Cl. The summed E-state index contributed by atoms with van der Waals surface area (Å²) in [7, 11) is -3.96. The van der Waals surface area contributed by atoms with Crippen LogP contribution in [0, 0.1) is 0 Å². The van der Waals surface area contributed by atoms with Gasteiger partial charge in [0.1, 0.15) is 0 Å². The summed E-state index contributed by atoms with van der Waals surface area (Å²) in [5, 5.41) is 5.70. The number of nitrogens with one attached hydrogen (secondary N) is 3. The minimum atomic E-state index is -3.96. The average molecular weight is 478 g/mol. The molecule has 0 saturated carbocycles. The summed E-state index contributed by atoms with van der Waals surface area (Å²) in [5.74, 6) is -0.805. The van der Waals surface area contributed by atoms with Gasteiger partial charge in [-0.25, -0.2) is 8.42 Å². The first-order valence-corrected chi connectivity index (χ1v) is 11.2. The zero-order valence-electron chi connectivity index (χ0n) is 16.1. The van der Waals surface area contributed by atoms with Crippen LogP contribution >= 0.6 is 23.2 Å². The van der Waals surface area contributed by atoms with E-state index >= 15 is 0 Å². The molecule has 10 heteroatoms. The normalized spacial score (nSPS) is 10.9. The summed E-state index contributed by atoms with van der Waals surface area (Å²) in [6.45, 7) is 1.35. The summed E-state index contributed by atoms with van der Waals surface area (Å²) < 4.78 is 27.8. The van der Waals surface area contributed by atoms with Gasteiger partial charge in [-0.3, -0.25) is 14.3 Å². The van der Waals surface area contributed by atoms with Gasteiger partial charge in [0.05, 0.1) is 26.3 Å². The predicted molar refractivity (Wildman–Crippen MR) is 122 cm³/mol. The largest absolute Gasteiger partial charge is 0.325 e. The molecule has 0 aliphatic carbocycles. The summed E-state index contributed by atoms with van der Waals surface area (Å²) in [6, 6.07) is 16.6. The number of rotatable bonds is 6. The second-order valence-corrected chi connectivity index (χ2v) is 8.94. The minimum absolute atomic E-state index is 0.0980. The Morgan fingerprint density at radius 1 is 0.806 bits per heavy atom. The monoisotopic (exact) mass is 477 g/mol. The van der Waals surface area contributed by atoms with Crippen molar-refractivity contribution in [2.75, 3.05) is 15.4 Å². The molecule has 0 aromatic heterocycles. The van der Waals surface area contributed by atoms with Gasteiger partial charge in [-0.1, -0.05) is 41.4 Å². The molecule has 31 heavy (non-hydrogen) atoms. The molecule has 3 rings (SSSR count). The number of benzene rings is 3. The summed E-state index contributed by atoms with van der Waals surface area (Å²) in [6.07, 6.45) is 0. The molecule has 0 saturated heterocycles. The van der Waals surface area contributed by atoms with E-state index in [1.807, 2.05) is 0 Å². The van der Waals surface area contributed by atoms with Crippen molar-refractivity contribution in [3.8, 4) is 0 Å². The predicted octanol–water partition coefficient (Wildman–Crippen LogP) is 5.00. The molecule has 0 spiro atoms. The highest BCUT2D eigenvalue weighted by molar-refractivity contribution is 7.92. The third-order valence-electron chi connectivity index (χ3n) is 4.06. The molecular weight excluding hydrogens is 461 g/mol. The number of carbonyl (C=O) groups excluding carboxylic acids is 2. The average Bonchev–Trinajstić information content (AvgIpc) is 2.71. The van der Waals surface area contributed by atoms with Crippen molar-refractivity contribution in [1.29, 1.82) is 0 Å². The van der Waals surface area contributed by atoms with E-state index in [4.69, 9.17) is 23.2 Å². The molecule has 0 atom stereocenters. The van der Waals surface area contributed by atoms with E-state index in [-0.39, 0.29) is 32.1 Å². The van der Waals surface area contributed by atoms with Crippen molar-refractivity contribution in [3.05, 3.63) is 82.3 Å². The van der Waals surface area contributed by atoms with E-state index in [0.29, 0.717) is 11.4 Å². The van der Waals surface area contributed by atoms with E-state index < -0.39 is 15.9 Å². The highest BCUT2D eigenvalue weighted by atomic mass is 35.5. The van der Waals surface area contributed by atoms with Crippen molar-refractivity contribution in [2.45, 2.75) is 11.8 Å². The number of sulfonamides is 1. The molecule has 0 heterocycles. The van der Waals surface area contributed by atoms with Crippen LogP contribution < -0.4 is 15.4 Å². The second kappa shape index (κ2) is 9.38. The summed E-state index contributed by atoms with van der Waals surface area (Å²) >= 11 is 12.1. The van der Waals surface area contributed by atoms with E-state index in [2.05, 4.69) is 15.4 Å². The van der Waals surface area contributed by atoms with Crippen LogP contribution in [0.4, 0.5) is 17.1 Å². The van der Waals surface area contributed by atoms with Gasteiger partial charge in [0.25, 0.3) is 15.9 Å². The van der Waals surface area contributed by atoms with Crippen LogP contribution in [0.25, 0.3) is 0 Å². The molecule has 3 aromatic carbocycles. The van der Waals surface area contributed by atoms with Crippen LogP contribution in [0.3, 0.4) is 0 Å². The molecule has 2 amide bonds. The van der Waals surface area contributed by atoms with Crippen LogP contribution in [-0.2, 0) is 14.8 Å². The Bertz CT molecular complexity index is 1260. The van der Waals surface area contributed by atoms with Crippen molar-refractivity contribution in [3.63, 3.8) is 0 Å². The summed E-state index contributed by atoms with van der Waals surface area (Å²) in [4.78, 5) is 23.7. The molecule has 7 nitrogen and oxygen atoms in total. The number of hydrogen-bond acceptors (Lipinski definition) is 4. The molecular formula is C21H17Cl2N3O4S. The van der Waals surface area contributed by atoms with E-state index in [1.54, 1.807) is 30.3 Å². The lowest BCUT2D eigenvalue weighted by Crippen LogP contribution is -2.16. The minimum Gasteiger partial charge on any atom is -0.325 e. The van der Waals surface area contributed by atoms with Gasteiger partial charge < -0.3 is 10.6 Å². The van der Waals surface area contributed by atoms with E-state index in [1.165, 1.54) is 43.3 Å². The standard InChI is InChI=1S/C21H17Cl2N3O4S/c1-13(27)24-19-10-9-15(12-18(19)23)25-21(28)14-5-4-6-16(11-14)31(29,30)26-20-8-3-2-7-17(20)22/h2-12,26H,1H3,(H,24,27)(H,25,28). The number of halogens is 2. The third-order valence-corrected chi connectivity index (χ3v) is 6.07. The highest BCUT2D eigenvalue weighted by Gasteiger charge is 2.18. The quantitative estimate of drug-likeness (QED) is 0.464. The zero-order valence-corrected chi connectivity index (χ0v) is 18.5. The molecule has 0 fully saturated rings. The molecule has 0 bridgehead atoms. The fourth-order valence-corrected chi connectivity index (χ4v) is 4.23. The Kier molecular flexibility index (Phi) is 6.84. The molecule has 0 radical (unpaired) electrons. The molecule has 0 aliphatic heterocycles. The molecule has 3 aromatic rings. The maximum atomic E-state index is 12.7. The van der Waals surface area contributed by atoms with Crippen molar-refractivity contribution in [1.82, 2.24) is 0 Å². The number of carbonyl (C=O) groups is 2. The molecule has 3 N–H and O–H groups in total. The van der Waals surface area contributed by atoms with Gasteiger partial charge in [-0.05, 0) is 48.5 Å². The maximum Gasteiger partial charge on any atom is 0.261 e. The fraction of sp³-hybridized carbons (Fsp3) is 0.0476. The first-order chi connectivity index (χ1) is 14.7. The Morgan fingerprint density at radius 2 is 1.55 bits per heavy atom. The van der Waals surface area contributed by atoms with Crippen LogP contribution in [0.1, 0.15) is 17.3 Å². The van der Waals surface area contributed by atoms with Crippen LogP contribution in [-0.4, -0.2) is 20.2 Å². The second-order valence-electron chi connectivity index (χ2n) is 6.44. The highest BCUT2D eigenvalue weighted by Crippen LogP contribution is 2.27. The van der Waals surface area contributed by atoms with Crippen molar-refractivity contribution < 1.29 is 18.0 Å². The first-order valence-electron chi connectivity index (χ1n) is 8.91. The van der Waals surface area contributed by atoms with Crippen LogP contribution in [0.2, 0.25) is 10.0 Å². The third kappa shape index (κ3) is 5.75. The number of hydrogen-bond donors (Lipinski definition) is 3. The number of anilines is 3. The maximum absolute atomic E-state index is 12.7. The number of para-hydroxylation sites is 1. The Balaban J connectivity index is 1.79. The lowest BCUT2D eigenvalue weighted by atomic mass is 10.2. The van der Waals surface area contributed by atoms with Crippen molar-refractivity contribution >= 4 is 62.1 Å². The molecule has 0 unspecified atom stereocenters. The fourth-order valence-electron chi connectivity index (χ4n) is 2.64. The Labute approximate surface area is 189 Å². The molecule has 160 valence electrons.